The van der Waals surface area contributed by atoms with Crippen LogP contribution in [0.5, 0.6) is 0 Å². The first-order chi connectivity index (χ1) is 9.74. The molecular weight excluding hydrogens is 268 g/mol. The van der Waals surface area contributed by atoms with Crippen LogP contribution in [0.15, 0.2) is 36.4 Å². The number of hydrogen-bond acceptors (Lipinski definition) is 2. The minimum atomic E-state index is 0.475. The van der Waals surface area contributed by atoms with Crippen LogP contribution in [0.4, 0.5) is 0 Å². The van der Waals surface area contributed by atoms with E-state index in [0.29, 0.717) is 5.15 Å². The molecule has 2 aromatic carbocycles. The Morgan fingerprint density at radius 3 is 1.75 bits per heavy atom. The monoisotopic (exact) mass is 288 g/mol. The maximum absolute atomic E-state index is 5.97. The van der Waals surface area contributed by atoms with E-state index in [-0.39, 0.29) is 0 Å². The van der Waals surface area contributed by atoms with Gasteiger partial charge in [-0.3, -0.25) is 0 Å². The van der Waals surface area contributed by atoms with E-state index < -0.39 is 0 Å². The molecular formula is C17H21ClN2. The minimum Gasteiger partial charge on any atom is -0.248 e. The van der Waals surface area contributed by atoms with Crippen LogP contribution in [-0.2, 0) is 0 Å². The summed E-state index contributed by atoms with van der Waals surface area (Å²) in [5.74, 6) is 0. The van der Waals surface area contributed by atoms with Crippen molar-refractivity contribution >= 4 is 33.4 Å². The summed E-state index contributed by atoms with van der Waals surface area (Å²) in [5.41, 5.74) is 2.50. The van der Waals surface area contributed by atoms with E-state index in [1.165, 1.54) is 5.39 Å². The van der Waals surface area contributed by atoms with Gasteiger partial charge in [0.15, 0.2) is 5.15 Å². The van der Waals surface area contributed by atoms with E-state index in [0.717, 1.165) is 22.1 Å². The largest absolute Gasteiger partial charge is 0.248 e. The Balaban J connectivity index is 0.000000461. The molecule has 0 spiro atoms. The van der Waals surface area contributed by atoms with Gasteiger partial charge < -0.3 is 0 Å². The standard InChI is InChI=1S/C13H9ClN2.2C2H6/c1-8-13(14)16-12-7-10-5-3-2-4-9(10)6-11(12)15-8;2*1-2/h2-7H,1H3;2*1-2H3. The molecule has 0 unspecified atom stereocenters. The van der Waals surface area contributed by atoms with Gasteiger partial charge in [-0.2, -0.15) is 0 Å². The summed E-state index contributed by atoms with van der Waals surface area (Å²) < 4.78 is 0. The highest BCUT2D eigenvalue weighted by Gasteiger charge is 2.04. The predicted octanol–water partition coefficient (Wildman–Crippen LogP) is 5.80. The number of hydrogen-bond donors (Lipinski definition) is 0. The van der Waals surface area contributed by atoms with E-state index in [2.05, 4.69) is 22.1 Å². The molecule has 2 nitrogen and oxygen atoms in total. The van der Waals surface area contributed by atoms with Crippen molar-refractivity contribution in [3.05, 3.63) is 47.2 Å². The van der Waals surface area contributed by atoms with E-state index in [4.69, 9.17) is 11.6 Å². The Bertz CT molecular complexity index is 633. The van der Waals surface area contributed by atoms with Crippen LogP contribution < -0.4 is 0 Å². The Morgan fingerprint density at radius 2 is 1.25 bits per heavy atom. The third kappa shape index (κ3) is 3.45. The summed E-state index contributed by atoms with van der Waals surface area (Å²) in [6.45, 7) is 9.87. The van der Waals surface area contributed by atoms with Gasteiger partial charge in [-0.05, 0) is 29.8 Å². The normalized spacial score (nSPS) is 9.50. The average molecular weight is 289 g/mol. The Morgan fingerprint density at radius 1 is 0.800 bits per heavy atom. The van der Waals surface area contributed by atoms with E-state index in [1.807, 2.05) is 58.9 Å². The molecule has 0 saturated heterocycles. The summed E-state index contributed by atoms with van der Waals surface area (Å²) in [5, 5.41) is 2.80. The van der Waals surface area contributed by atoms with Crippen LogP contribution >= 0.6 is 11.6 Å². The molecule has 0 aliphatic heterocycles. The maximum atomic E-state index is 5.97. The van der Waals surface area contributed by atoms with Gasteiger partial charge in [-0.15, -0.1) is 0 Å². The van der Waals surface area contributed by atoms with Gasteiger partial charge in [0.1, 0.15) is 0 Å². The number of nitrogens with zero attached hydrogens (tertiary/aromatic N) is 2. The van der Waals surface area contributed by atoms with Gasteiger partial charge in [0.05, 0.1) is 16.7 Å². The summed E-state index contributed by atoms with van der Waals surface area (Å²) >= 11 is 5.97. The van der Waals surface area contributed by atoms with Crippen LogP contribution in [0, 0.1) is 6.92 Å². The molecule has 0 aliphatic carbocycles. The van der Waals surface area contributed by atoms with Crippen LogP contribution in [0.2, 0.25) is 5.15 Å². The molecule has 3 aromatic rings. The quantitative estimate of drug-likeness (QED) is 0.489. The zero-order chi connectivity index (χ0) is 15.1. The van der Waals surface area contributed by atoms with E-state index in [9.17, 15) is 0 Å². The molecule has 20 heavy (non-hydrogen) atoms. The first-order valence-electron chi connectivity index (χ1n) is 7.07. The third-order valence-electron chi connectivity index (χ3n) is 2.65. The Labute approximate surface area is 125 Å². The van der Waals surface area contributed by atoms with Crippen molar-refractivity contribution in [1.29, 1.82) is 0 Å². The second-order valence-electron chi connectivity index (χ2n) is 3.79. The highest BCUT2D eigenvalue weighted by atomic mass is 35.5. The minimum absolute atomic E-state index is 0.475. The van der Waals surface area contributed by atoms with Gasteiger partial charge in [0.25, 0.3) is 0 Å². The molecule has 0 bridgehead atoms. The van der Waals surface area contributed by atoms with E-state index in [1.54, 1.807) is 0 Å². The molecule has 1 aromatic heterocycles. The van der Waals surface area contributed by atoms with Crippen molar-refractivity contribution in [1.82, 2.24) is 9.97 Å². The van der Waals surface area contributed by atoms with Gasteiger partial charge >= 0.3 is 0 Å². The molecule has 0 atom stereocenters. The van der Waals surface area contributed by atoms with Crippen LogP contribution in [0.3, 0.4) is 0 Å². The fourth-order valence-electron chi connectivity index (χ4n) is 1.81. The zero-order valence-corrected chi connectivity index (χ0v) is 13.5. The lowest BCUT2D eigenvalue weighted by molar-refractivity contribution is 1.19. The summed E-state index contributed by atoms with van der Waals surface area (Å²) in [7, 11) is 0. The SMILES string of the molecule is CC.CC.Cc1nc2cc3ccccc3cc2nc1Cl. The molecule has 0 radical (unpaired) electrons. The molecule has 1 heterocycles. The molecule has 3 rings (SSSR count). The molecule has 0 saturated carbocycles. The second-order valence-corrected chi connectivity index (χ2v) is 4.15. The molecule has 0 N–H and O–H groups in total. The van der Waals surface area contributed by atoms with E-state index >= 15 is 0 Å². The first-order valence-corrected chi connectivity index (χ1v) is 7.44. The highest BCUT2D eigenvalue weighted by Crippen LogP contribution is 2.22. The summed E-state index contributed by atoms with van der Waals surface area (Å²) in [4.78, 5) is 8.76. The average Bonchev–Trinajstić information content (AvgIpc) is 2.51. The van der Waals surface area contributed by atoms with Crippen LogP contribution in [0.1, 0.15) is 33.4 Å². The molecule has 106 valence electrons. The fraction of sp³-hybridized carbons (Fsp3) is 0.294. The Hall–Kier alpha value is -1.67. The van der Waals surface area contributed by atoms with Gasteiger partial charge in [0, 0.05) is 0 Å². The smallest absolute Gasteiger partial charge is 0.150 e. The zero-order valence-electron chi connectivity index (χ0n) is 12.7. The lowest BCUT2D eigenvalue weighted by atomic mass is 10.1. The number of aryl methyl sites for hydroxylation is 1. The number of aromatic nitrogens is 2. The van der Waals surface area contributed by atoms with Crippen molar-refractivity contribution in [2.24, 2.45) is 0 Å². The number of benzene rings is 2. The number of fused-ring (bicyclic) bond motifs is 2. The molecule has 0 fully saturated rings. The van der Waals surface area contributed by atoms with Crippen molar-refractivity contribution < 1.29 is 0 Å². The number of halogens is 1. The van der Waals surface area contributed by atoms with Gasteiger partial charge in [-0.25, -0.2) is 9.97 Å². The van der Waals surface area contributed by atoms with Crippen molar-refractivity contribution in [3.63, 3.8) is 0 Å². The Kier molecular flexibility index (Phi) is 6.40. The predicted molar refractivity (Wildman–Crippen MR) is 89.5 cm³/mol. The number of rotatable bonds is 0. The topological polar surface area (TPSA) is 25.8 Å². The second kappa shape index (κ2) is 7.81. The third-order valence-corrected chi connectivity index (χ3v) is 3.01. The summed E-state index contributed by atoms with van der Waals surface area (Å²) in [6.07, 6.45) is 0. The fourth-order valence-corrected chi connectivity index (χ4v) is 1.94. The van der Waals surface area contributed by atoms with Crippen LogP contribution in [0.25, 0.3) is 21.8 Å². The van der Waals surface area contributed by atoms with Crippen molar-refractivity contribution in [2.45, 2.75) is 34.6 Å². The van der Waals surface area contributed by atoms with Crippen molar-refractivity contribution in [3.8, 4) is 0 Å². The lowest BCUT2D eigenvalue weighted by Crippen LogP contribution is -1.90. The van der Waals surface area contributed by atoms with Crippen molar-refractivity contribution in [2.75, 3.05) is 0 Å². The van der Waals surface area contributed by atoms with Gasteiger partial charge in [0.2, 0.25) is 0 Å². The molecule has 0 amide bonds. The van der Waals surface area contributed by atoms with Crippen LogP contribution in [-0.4, -0.2) is 9.97 Å². The van der Waals surface area contributed by atoms with Gasteiger partial charge in [-0.1, -0.05) is 63.6 Å². The molecule has 0 aliphatic rings. The maximum Gasteiger partial charge on any atom is 0.150 e. The first kappa shape index (κ1) is 16.4. The highest BCUT2D eigenvalue weighted by molar-refractivity contribution is 6.30. The lowest BCUT2D eigenvalue weighted by Gasteiger charge is -2.03. The summed E-state index contributed by atoms with van der Waals surface area (Å²) in [6, 6.07) is 12.2. The molecule has 3 heteroatoms.